The van der Waals surface area contributed by atoms with Gasteiger partial charge in [0.05, 0.1) is 6.54 Å². The number of nitrogens with one attached hydrogen (secondary N) is 2. The zero-order valence-corrected chi connectivity index (χ0v) is 10.6. The summed E-state index contributed by atoms with van der Waals surface area (Å²) in [6, 6.07) is 6.15. The molecule has 2 aromatic rings. The van der Waals surface area contributed by atoms with Crippen molar-refractivity contribution in [1.29, 1.82) is 0 Å². The summed E-state index contributed by atoms with van der Waals surface area (Å²) in [4.78, 5) is 15.4. The van der Waals surface area contributed by atoms with E-state index in [1.54, 1.807) is 0 Å². The predicted octanol–water partition coefficient (Wildman–Crippen LogP) is 2.58. The summed E-state index contributed by atoms with van der Waals surface area (Å²) in [5.41, 5.74) is 3.99. The summed E-state index contributed by atoms with van der Waals surface area (Å²) in [6.45, 7) is 7.21. The summed E-state index contributed by atoms with van der Waals surface area (Å²) < 4.78 is 0. The first-order chi connectivity index (χ1) is 8.13. The Hall–Kier alpha value is -1.61. The Morgan fingerprint density at radius 3 is 2.82 bits per heavy atom. The molecule has 90 valence electrons. The number of hydrogen-bond acceptors (Lipinski definition) is 2. The van der Waals surface area contributed by atoms with E-state index in [0.717, 1.165) is 28.7 Å². The van der Waals surface area contributed by atoms with E-state index in [-0.39, 0.29) is 5.78 Å². The van der Waals surface area contributed by atoms with Crippen LogP contribution in [0.15, 0.2) is 18.2 Å². The second-order valence-corrected chi connectivity index (χ2v) is 4.38. The minimum absolute atomic E-state index is 0.154. The zero-order valence-electron chi connectivity index (χ0n) is 10.6. The second-order valence-electron chi connectivity index (χ2n) is 4.38. The lowest BCUT2D eigenvalue weighted by Crippen LogP contribution is -2.22. The molecule has 0 unspecified atom stereocenters. The van der Waals surface area contributed by atoms with Gasteiger partial charge in [-0.3, -0.25) is 4.79 Å². The average molecular weight is 230 g/mol. The summed E-state index contributed by atoms with van der Waals surface area (Å²) in [6.07, 6.45) is 0. The molecule has 0 radical (unpaired) electrons. The Morgan fingerprint density at radius 2 is 2.12 bits per heavy atom. The normalized spacial score (nSPS) is 11.0. The van der Waals surface area contributed by atoms with Gasteiger partial charge < -0.3 is 10.3 Å². The van der Waals surface area contributed by atoms with Crippen LogP contribution >= 0.6 is 0 Å². The van der Waals surface area contributed by atoms with E-state index in [1.807, 2.05) is 26.8 Å². The summed E-state index contributed by atoms with van der Waals surface area (Å²) in [5, 5.41) is 4.11. The largest absolute Gasteiger partial charge is 0.358 e. The van der Waals surface area contributed by atoms with E-state index in [2.05, 4.69) is 22.4 Å². The van der Waals surface area contributed by atoms with Crippen LogP contribution in [0.3, 0.4) is 0 Å². The maximum Gasteiger partial charge on any atom is 0.179 e. The van der Waals surface area contributed by atoms with Gasteiger partial charge in [-0.05, 0) is 32.5 Å². The van der Waals surface area contributed by atoms with E-state index >= 15 is 0 Å². The Kier molecular flexibility index (Phi) is 3.29. The molecule has 2 rings (SSSR count). The molecular weight excluding hydrogens is 212 g/mol. The fourth-order valence-electron chi connectivity index (χ4n) is 2.13. The van der Waals surface area contributed by atoms with Gasteiger partial charge in [-0.25, -0.2) is 0 Å². The molecule has 0 saturated heterocycles. The first-order valence-corrected chi connectivity index (χ1v) is 5.96. The van der Waals surface area contributed by atoms with E-state index in [0.29, 0.717) is 6.54 Å². The number of ketones is 1. The van der Waals surface area contributed by atoms with Gasteiger partial charge in [0.1, 0.15) is 0 Å². The first-order valence-electron chi connectivity index (χ1n) is 5.96. The van der Waals surface area contributed by atoms with Crippen LogP contribution in [0.25, 0.3) is 10.9 Å². The van der Waals surface area contributed by atoms with Crippen LogP contribution in [-0.4, -0.2) is 23.9 Å². The van der Waals surface area contributed by atoms with Gasteiger partial charge in [-0.1, -0.05) is 18.6 Å². The van der Waals surface area contributed by atoms with E-state index in [9.17, 15) is 4.79 Å². The maximum absolute atomic E-state index is 12.1. The van der Waals surface area contributed by atoms with Crippen molar-refractivity contribution < 1.29 is 4.79 Å². The average Bonchev–Trinajstić information content (AvgIpc) is 2.61. The number of H-pyrrole nitrogens is 1. The topological polar surface area (TPSA) is 44.9 Å². The predicted molar refractivity (Wildman–Crippen MR) is 70.6 cm³/mol. The summed E-state index contributed by atoms with van der Waals surface area (Å²) in [5.74, 6) is 0.154. The third-order valence-electron chi connectivity index (χ3n) is 2.96. The zero-order chi connectivity index (χ0) is 12.4. The van der Waals surface area contributed by atoms with Crippen LogP contribution in [0.2, 0.25) is 0 Å². The third-order valence-corrected chi connectivity index (χ3v) is 2.96. The van der Waals surface area contributed by atoms with Gasteiger partial charge >= 0.3 is 0 Å². The van der Waals surface area contributed by atoms with Crippen molar-refractivity contribution >= 4 is 16.7 Å². The number of carbonyl (C=O) groups excluding carboxylic acids is 1. The number of fused-ring (bicyclic) bond motifs is 1. The second kappa shape index (κ2) is 4.72. The quantitative estimate of drug-likeness (QED) is 0.793. The number of rotatable bonds is 4. The molecule has 0 spiro atoms. The Morgan fingerprint density at radius 1 is 1.35 bits per heavy atom. The van der Waals surface area contributed by atoms with Crippen molar-refractivity contribution in [3.63, 3.8) is 0 Å². The van der Waals surface area contributed by atoms with Crippen molar-refractivity contribution in [3.8, 4) is 0 Å². The van der Waals surface area contributed by atoms with Crippen molar-refractivity contribution in [1.82, 2.24) is 10.3 Å². The Balaban J connectivity index is 2.48. The highest BCUT2D eigenvalue weighted by Gasteiger charge is 2.15. The van der Waals surface area contributed by atoms with Crippen molar-refractivity contribution in [2.24, 2.45) is 0 Å². The van der Waals surface area contributed by atoms with Crippen molar-refractivity contribution in [3.05, 3.63) is 35.0 Å². The highest BCUT2D eigenvalue weighted by Crippen LogP contribution is 2.23. The monoisotopic (exact) mass is 230 g/mol. The maximum atomic E-state index is 12.1. The van der Waals surface area contributed by atoms with Crippen molar-refractivity contribution in [2.45, 2.75) is 20.8 Å². The molecule has 3 nitrogen and oxygen atoms in total. The number of aromatic amines is 1. The number of likely N-dealkylation sites (N-methyl/N-ethyl adjacent to an activating group) is 1. The molecule has 1 aromatic carbocycles. The smallest absolute Gasteiger partial charge is 0.179 e. The molecule has 0 fully saturated rings. The minimum Gasteiger partial charge on any atom is -0.358 e. The summed E-state index contributed by atoms with van der Waals surface area (Å²) in [7, 11) is 0. The van der Waals surface area contributed by atoms with Crippen molar-refractivity contribution in [2.75, 3.05) is 13.1 Å². The molecule has 0 aliphatic rings. The molecule has 2 N–H and O–H groups in total. The highest BCUT2D eigenvalue weighted by molar-refractivity contribution is 6.10. The number of aryl methyl sites for hydroxylation is 2. The molecule has 0 aliphatic heterocycles. The Labute approximate surface area is 101 Å². The van der Waals surface area contributed by atoms with Gasteiger partial charge in [0.25, 0.3) is 0 Å². The number of hydrogen-bond donors (Lipinski definition) is 2. The van der Waals surface area contributed by atoms with E-state index < -0.39 is 0 Å². The minimum atomic E-state index is 0.154. The lowest BCUT2D eigenvalue weighted by molar-refractivity contribution is 0.0993. The molecular formula is C14H18N2O. The van der Waals surface area contributed by atoms with Crippen LogP contribution in [-0.2, 0) is 0 Å². The summed E-state index contributed by atoms with van der Waals surface area (Å²) >= 11 is 0. The number of benzene rings is 1. The Bertz CT molecular complexity index is 555. The first kappa shape index (κ1) is 11.9. The molecule has 3 heteroatoms. The lowest BCUT2D eigenvalue weighted by atomic mass is 10.0. The number of Topliss-reactive ketones (excluding diaryl/α,β-unsaturated/α-hetero) is 1. The van der Waals surface area contributed by atoms with Gasteiger partial charge in [-0.2, -0.15) is 0 Å². The standard InChI is InChI=1S/C14H18N2O/c1-4-15-8-13(17)14-10(3)16-12-6-5-9(2)7-11(12)14/h5-7,15-16H,4,8H2,1-3H3. The van der Waals surface area contributed by atoms with Gasteiger partial charge in [0, 0.05) is 22.2 Å². The molecule has 0 saturated carbocycles. The van der Waals surface area contributed by atoms with Gasteiger partial charge in [-0.15, -0.1) is 0 Å². The van der Waals surface area contributed by atoms with E-state index in [1.165, 1.54) is 5.56 Å². The van der Waals surface area contributed by atoms with Crippen LogP contribution in [0.5, 0.6) is 0 Å². The molecule has 1 aromatic heterocycles. The van der Waals surface area contributed by atoms with Crippen LogP contribution in [0, 0.1) is 13.8 Å². The fraction of sp³-hybridized carbons (Fsp3) is 0.357. The van der Waals surface area contributed by atoms with Crippen LogP contribution in [0.4, 0.5) is 0 Å². The van der Waals surface area contributed by atoms with Gasteiger partial charge in [0.15, 0.2) is 5.78 Å². The number of carbonyl (C=O) groups is 1. The molecule has 17 heavy (non-hydrogen) atoms. The van der Waals surface area contributed by atoms with Crippen LogP contribution < -0.4 is 5.32 Å². The highest BCUT2D eigenvalue weighted by atomic mass is 16.1. The van der Waals surface area contributed by atoms with E-state index in [4.69, 9.17) is 0 Å². The fourth-order valence-corrected chi connectivity index (χ4v) is 2.13. The lowest BCUT2D eigenvalue weighted by Gasteiger charge is -2.02. The molecule has 0 bridgehead atoms. The molecule has 0 amide bonds. The van der Waals surface area contributed by atoms with Gasteiger partial charge in [0.2, 0.25) is 0 Å². The third kappa shape index (κ3) is 2.24. The SMILES string of the molecule is CCNCC(=O)c1c(C)[nH]c2ccc(C)cc12. The molecule has 0 atom stereocenters. The number of aromatic nitrogens is 1. The molecule has 0 aliphatic carbocycles. The van der Waals surface area contributed by atoms with Crippen LogP contribution in [0.1, 0.15) is 28.5 Å². The molecule has 1 heterocycles.